The molecule has 4 aliphatic rings. The van der Waals surface area contributed by atoms with E-state index in [0.29, 0.717) is 25.8 Å². The predicted octanol–water partition coefficient (Wildman–Crippen LogP) is 4.43. The fourth-order valence-corrected chi connectivity index (χ4v) is 10.6. The Morgan fingerprint density at radius 3 is 2.21 bits per heavy atom. The molecule has 14 nitrogen and oxygen atoms in total. The SMILES string of the molecule is CO[C@]1(C)C[C@H](O[C@H]2[C@H](C)[C@H]3C[C@@H]4O[C@H](C)C[C@H](N(C)C)[C@H]4C[C@@]3(O)C[C@@H](C)CN(C)C(=O)C(CCC(=O)OC(C)(C)C)N(C)C(=O)[C@@H]2C)O[C@@H](C)[C@@H]1OC(C)=O. The van der Waals surface area contributed by atoms with Crippen LogP contribution in [0.25, 0.3) is 0 Å². The summed E-state index contributed by atoms with van der Waals surface area (Å²) in [7, 11) is 9.07. The van der Waals surface area contributed by atoms with E-state index in [9.17, 15) is 24.3 Å². The van der Waals surface area contributed by atoms with Crippen molar-refractivity contribution < 1.29 is 52.7 Å². The summed E-state index contributed by atoms with van der Waals surface area (Å²) in [6.07, 6.45) is -0.441. The van der Waals surface area contributed by atoms with E-state index < -0.39 is 65.3 Å². The number of methoxy groups -OCH3 is 1. The number of aliphatic hydroxyl groups is 1. The van der Waals surface area contributed by atoms with Crippen molar-refractivity contribution in [2.75, 3.05) is 41.8 Å². The summed E-state index contributed by atoms with van der Waals surface area (Å²) < 4.78 is 37.3. The van der Waals surface area contributed by atoms with Gasteiger partial charge in [-0.2, -0.15) is 0 Å². The molecule has 0 aromatic rings. The second-order valence-corrected chi connectivity index (χ2v) is 19.5. The summed E-state index contributed by atoms with van der Waals surface area (Å²) in [5, 5.41) is 13.2. The lowest BCUT2D eigenvalue weighted by Crippen LogP contribution is -2.62. The molecule has 1 N–H and O–H groups in total. The van der Waals surface area contributed by atoms with Gasteiger partial charge in [0.1, 0.15) is 17.2 Å². The van der Waals surface area contributed by atoms with E-state index in [0.717, 1.165) is 6.42 Å². The summed E-state index contributed by atoms with van der Waals surface area (Å²) in [6, 6.07) is -0.735. The number of likely N-dealkylation sites (N-methyl/N-ethyl adjacent to an activating group) is 2. The molecule has 0 radical (unpaired) electrons. The lowest BCUT2D eigenvalue weighted by Gasteiger charge is -2.56. The quantitative estimate of drug-likeness (QED) is 0.346. The molecule has 57 heavy (non-hydrogen) atoms. The Labute approximate surface area is 341 Å². The first-order valence-electron chi connectivity index (χ1n) is 21.1. The second kappa shape index (κ2) is 18.5. The van der Waals surface area contributed by atoms with Gasteiger partial charge in [0.2, 0.25) is 11.8 Å². The van der Waals surface area contributed by atoms with Crippen molar-refractivity contribution in [3.05, 3.63) is 0 Å². The van der Waals surface area contributed by atoms with Crippen LogP contribution in [0.1, 0.15) is 114 Å². The van der Waals surface area contributed by atoms with Gasteiger partial charge >= 0.3 is 11.9 Å². The highest BCUT2D eigenvalue weighted by Gasteiger charge is 2.57. The largest absolute Gasteiger partial charge is 0.460 e. The minimum Gasteiger partial charge on any atom is -0.460 e. The monoisotopic (exact) mass is 810 g/mol. The number of hydrogen-bond donors (Lipinski definition) is 1. The van der Waals surface area contributed by atoms with Gasteiger partial charge in [-0.3, -0.25) is 19.2 Å². The van der Waals surface area contributed by atoms with Crippen molar-refractivity contribution in [1.29, 1.82) is 0 Å². The molecule has 2 amide bonds. The molecular formula is C43H75N3O11. The van der Waals surface area contributed by atoms with E-state index in [1.54, 1.807) is 60.7 Å². The van der Waals surface area contributed by atoms with Crippen LogP contribution in [0.3, 0.4) is 0 Å². The Morgan fingerprint density at radius 1 is 0.982 bits per heavy atom. The van der Waals surface area contributed by atoms with Gasteiger partial charge in [0.25, 0.3) is 0 Å². The molecule has 4 fully saturated rings. The van der Waals surface area contributed by atoms with Crippen LogP contribution in [0.15, 0.2) is 0 Å². The van der Waals surface area contributed by atoms with E-state index >= 15 is 0 Å². The van der Waals surface area contributed by atoms with Crippen LogP contribution in [0.2, 0.25) is 0 Å². The van der Waals surface area contributed by atoms with Crippen LogP contribution in [0, 0.1) is 29.6 Å². The molecule has 0 bridgehead atoms. The summed E-state index contributed by atoms with van der Waals surface area (Å²) >= 11 is 0. The number of rotatable bonds is 8. The number of carbonyl (C=O) groups is 4. The van der Waals surface area contributed by atoms with Crippen molar-refractivity contribution in [1.82, 2.24) is 14.7 Å². The first-order valence-corrected chi connectivity index (χ1v) is 21.1. The highest BCUT2D eigenvalue weighted by molar-refractivity contribution is 5.89. The fourth-order valence-electron chi connectivity index (χ4n) is 10.6. The maximum Gasteiger partial charge on any atom is 0.306 e. The van der Waals surface area contributed by atoms with Gasteiger partial charge < -0.3 is 48.2 Å². The van der Waals surface area contributed by atoms with E-state index in [-0.39, 0.29) is 73.0 Å². The summed E-state index contributed by atoms with van der Waals surface area (Å²) in [5.74, 6) is -3.09. The third-order valence-corrected chi connectivity index (χ3v) is 13.3. The zero-order valence-corrected chi connectivity index (χ0v) is 37.5. The van der Waals surface area contributed by atoms with Gasteiger partial charge in [-0.15, -0.1) is 0 Å². The minimum absolute atomic E-state index is 0.0429. The number of nitrogens with zero attached hydrogens (tertiary/aromatic N) is 3. The summed E-state index contributed by atoms with van der Waals surface area (Å²) in [5.41, 5.74) is -2.84. The summed E-state index contributed by atoms with van der Waals surface area (Å²) in [6.45, 7) is 18.7. The lowest BCUT2D eigenvalue weighted by atomic mass is 9.59. The van der Waals surface area contributed by atoms with Crippen LogP contribution in [0.5, 0.6) is 0 Å². The van der Waals surface area contributed by atoms with Gasteiger partial charge in [0.15, 0.2) is 12.4 Å². The van der Waals surface area contributed by atoms with Gasteiger partial charge in [0, 0.05) is 59.5 Å². The van der Waals surface area contributed by atoms with Crippen LogP contribution in [0.4, 0.5) is 0 Å². The molecule has 328 valence electrons. The molecule has 0 aromatic carbocycles. The third kappa shape index (κ3) is 11.1. The van der Waals surface area contributed by atoms with Gasteiger partial charge in [0.05, 0.1) is 35.9 Å². The number of ether oxygens (including phenoxy) is 6. The lowest BCUT2D eigenvalue weighted by molar-refractivity contribution is -0.302. The smallest absolute Gasteiger partial charge is 0.306 e. The van der Waals surface area contributed by atoms with E-state index in [4.69, 9.17) is 28.4 Å². The minimum atomic E-state index is -1.18. The highest BCUT2D eigenvalue weighted by atomic mass is 16.7. The van der Waals surface area contributed by atoms with E-state index in [2.05, 4.69) is 32.8 Å². The van der Waals surface area contributed by atoms with Gasteiger partial charge in [-0.05, 0) is 105 Å². The van der Waals surface area contributed by atoms with Crippen LogP contribution in [-0.2, 0) is 47.6 Å². The van der Waals surface area contributed by atoms with E-state index in [1.165, 1.54) is 11.8 Å². The topological polar surface area (TPSA) is 154 Å². The standard InChI is InChI=1S/C43H75N3O11/c1-24-20-43(51)21-30-33(44(11)12)18-25(2)53-34(30)19-31(43)26(3)37(56-36-22-42(10,52-15)38(28(5)54-36)55-29(6)47)27(4)39(49)46(14)32(40(50)45(13)23-24)16-17-35(48)57-41(7,8)9/h24-28,30-34,36-38,51H,16-23H2,1-15H3/t24-,25-,26-,27-,28+,30-,31-,32?,33+,34+,36+,37+,38+,42-,43+/m1/s1. The zero-order valence-electron chi connectivity index (χ0n) is 37.5. The molecule has 4 rings (SSSR count). The molecule has 3 saturated heterocycles. The first-order chi connectivity index (χ1) is 26.3. The van der Waals surface area contributed by atoms with Crippen molar-refractivity contribution in [3.63, 3.8) is 0 Å². The number of esters is 2. The van der Waals surface area contributed by atoms with Crippen molar-refractivity contribution >= 4 is 23.8 Å². The Hall–Kier alpha value is -2.36. The molecule has 1 saturated carbocycles. The average Bonchev–Trinajstić information content (AvgIpc) is 3.09. The molecule has 1 unspecified atom stereocenters. The molecule has 3 heterocycles. The molecule has 0 spiro atoms. The Morgan fingerprint density at radius 2 is 1.63 bits per heavy atom. The Bertz CT molecular complexity index is 1420. The van der Waals surface area contributed by atoms with Crippen molar-refractivity contribution in [2.24, 2.45) is 29.6 Å². The zero-order chi connectivity index (χ0) is 42.9. The average molecular weight is 810 g/mol. The Balaban J connectivity index is 1.80. The normalized spacial score (nSPS) is 41.3. The van der Waals surface area contributed by atoms with Crippen LogP contribution < -0.4 is 0 Å². The molecule has 0 aromatic heterocycles. The first kappa shape index (κ1) is 47.3. The maximum absolute atomic E-state index is 14.8. The molecule has 1 aliphatic carbocycles. The number of amides is 2. The summed E-state index contributed by atoms with van der Waals surface area (Å²) in [4.78, 5) is 59.6. The van der Waals surface area contributed by atoms with Gasteiger partial charge in [-0.1, -0.05) is 20.8 Å². The van der Waals surface area contributed by atoms with Crippen molar-refractivity contribution in [2.45, 2.75) is 180 Å². The van der Waals surface area contributed by atoms with E-state index in [1.807, 2.05) is 13.8 Å². The predicted molar refractivity (Wildman–Crippen MR) is 214 cm³/mol. The highest BCUT2D eigenvalue weighted by Crippen LogP contribution is 2.51. The number of carbonyl (C=O) groups excluding carboxylic acids is 4. The molecule has 14 heteroatoms. The Kier molecular flexibility index (Phi) is 15.4. The molecule has 15 atom stereocenters. The van der Waals surface area contributed by atoms with Crippen LogP contribution >= 0.6 is 0 Å². The number of hydrogen-bond acceptors (Lipinski definition) is 12. The second-order valence-electron chi connectivity index (χ2n) is 19.5. The van der Waals surface area contributed by atoms with Gasteiger partial charge in [-0.25, -0.2) is 0 Å². The third-order valence-electron chi connectivity index (χ3n) is 13.3. The fraction of sp³-hybridized carbons (Fsp3) is 0.907. The maximum atomic E-state index is 14.8. The van der Waals surface area contributed by atoms with Crippen LogP contribution in [-0.4, -0.2) is 151 Å². The molecule has 3 aliphatic heterocycles. The van der Waals surface area contributed by atoms with Crippen molar-refractivity contribution in [3.8, 4) is 0 Å². The molecular weight excluding hydrogens is 734 g/mol. The number of fused-ring (bicyclic) bond motifs is 2.